The van der Waals surface area contributed by atoms with Gasteiger partial charge in [0.15, 0.2) is 6.23 Å². The SMILES string of the molecule is Nc1ccn([C@@H]2O[C@H](COP(=O)(O)OP(=O)(O)OP(=O)(O)O)C(O)[C@]2(F)C(F)(F)F)c(=S)n1. The molecule has 1 saturated heterocycles. The molecule has 190 valence electrons. The van der Waals surface area contributed by atoms with E-state index in [9.17, 15) is 36.9 Å². The lowest BCUT2D eigenvalue weighted by Crippen LogP contribution is -2.54. The first-order chi connectivity index (χ1) is 14.7. The third-order valence-corrected chi connectivity index (χ3v) is 7.91. The number of phosphoric acid groups is 3. The molecule has 0 amide bonds. The number of nitrogens with two attached hydrogens (primary N) is 1. The molecule has 33 heavy (non-hydrogen) atoms. The lowest BCUT2D eigenvalue weighted by atomic mass is 9.95. The highest BCUT2D eigenvalue weighted by Gasteiger charge is 2.73. The number of halogens is 4. The van der Waals surface area contributed by atoms with E-state index in [1.165, 1.54) is 0 Å². The number of hydrogen-bond donors (Lipinski definition) is 6. The molecule has 0 aliphatic carbocycles. The monoisotopic (exact) mass is 569 g/mol. The van der Waals surface area contributed by atoms with Gasteiger partial charge in [-0.3, -0.25) is 9.09 Å². The summed E-state index contributed by atoms with van der Waals surface area (Å²) < 4.78 is 105. The number of aromatic nitrogens is 2. The van der Waals surface area contributed by atoms with Crippen LogP contribution in [-0.4, -0.2) is 64.9 Å². The van der Waals surface area contributed by atoms with Crippen LogP contribution in [0.2, 0.25) is 0 Å². The quantitative estimate of drug-likeness (QED) is 0.146. The number of nitrogen functional groups attached to an aromatic ring is 1. The lowest BCUT2D eigenvalue weighted by molar-refractivity contribution is -0.273. The smallest absolute Gasteiger partial charge is 0.386 e. The minimum Gasteiger partial charge on any atom is -0.386 e. The number of aliphatic hydroxyl groups excluding tert-OH is 1. The number of rotatable bonds is 8. The van der Waals surface area contributed by atoms with Gasteiger partial charge in [0.2, 0.25) is 4.77 Å². The van der Waals surface area contributed by atoms with E-state index < -0.39 is 65.1 Å². The fourth-order valence-corrected chi connectivity index (χ4v) is 5.83. The number of phosphoric ester groups is 1. The summed E-state index contributed by atoms with van der Waals surface area (Å²) in [6, 6.07) is 0.932. The van der Waals surface area contributed by atoms with Crippen molar-refractivity contribution in [3.8, 4) is 0 Å². The van der Waals surface area contributed by atoms with Crippen molar-refractivity contribution in [1.82, 2.24) is 9.55 Å². The molecule has 1 aromatic rings. The summed E-state index contributed by atoms with van der Waals surface area (Å²) in [6.45, 7) is -1.56. The van der Waals surface area contributed by atoms with Gasteiger partial charge in [-0.1, -0.05) is 0 Å². The molecule has 2 heterocycles. The Bertz CT molecular complexity index is 1100. The van der Waals surface area contributed by atoms with E-state index in [4.69, 9.17) is 37.4 Å². The zero-order chi connectivity index (χ0) is 25.6. The van der Waals surface area contributed by atoms with Crippen LogP contribution in [-0.2, 0) is 31.6 Å². The van der Waals surface area contributed by atoms with Crippen LogP contribution < -0.4 is 5.73 Å². The van der Waals surface area contributed by atoms with E-state index in [-0.39, 0.29) is 5.82 Å². The summed E-state index contributed by atoms with van der Waals surface area (Å²) in [5.41, 5.74) is 0.764. The largest absolute Gasteiger partial charge is 0.490 e. The van der Waals surface area contributed by atoms with Crippen LogP contribution in [0.5, 0.6) is 0 Å². The van der Waals surface area contributed by atoms with Crippen molar-refractivity contribution in [1.29, 1.82) is 0 Å². The molecule has 1 fully saturated rings. The van der Waals surface area contributed by atoms with E-state index in [0.717, 1.165) is 12.3 Å². The van der Waals surface area contributed by atoms with E-state index >= 15 is 4.39 Å². The van der Waals surface area contributed by atoms with Crippen molar-refractivity contribution in [3.63, 3.8) is 0 Å². The van der Waals surface area contributed by atoms with Gasteiger partial charge in [-0.05, 0) is 18.3 Å². The van der Waals surface area contributed by atoms with Crippen LogP contribution >= 0.6 is 35.7 Å². The fourth-order valence-electron chi connectivity index (χ4n) is 2.54. The van der Waals surface area contributed by atoms with Crippen molar-refractivity contribution in [2.75, 3.05) is 12.3 Å². The second-order valence-electron chi connectivity index (χ2n) is 6.17. The number of ether oxygens (including phenoxy) is 1. The summed E-state index contributed by atoms with van der Waals surface area (Å²) in [5, 5.41) is 9.97. The third-order valence-electron chi connectivity index (χ3n) is 3.80. The molecule has 15 nitrogen and oxygen atoms in total. The van der Waals surface area contributed by atoms with Crippen LogP contribution in [0.3, 0.4) is 0 Å². The van der Waals surface area contributed by atoms with Crippen LogP contribution in [0, 0.1) is 4.77 Å². The zero-order valence-electron chi connectivity index (χ0n) is 15.4. The Labute approximate surface area is 185 Å². The third kappa shape index (κ3) is 6.64. The Kier molecular flexibility index (Phi) is 8.01. The maximum absolute atomic E-state index is 15.1. The molecular weight excluding hydrogens is 555 g/mol. The number of aliphatic hydroxyl groups is 1. The van der Waals surface area contributed by atoms with Crippen molar-refractivity contribution >= 4 is 41.5 Å². The second-order valence-corrected chi connectivity index (χ2v) is 11.0. The Morgan fingerprint density at radius 1 is 1.21 bits per heavy atom. The summed E-state index contributed by atoms with van der Waals surface area (Å²) in [5.74, 6) is -0.240. The molecule has 7 N–H and O–H groups in total. The van der Waals surface area contributed by atoms with Gasteiger partial charge in [0.25, 0.3) is 5.67 Å². The maximum Gasteiger partial charge on any atom is 0.490 e. The number of anilines is 1. The normalized spacial score (nSPS) is 30.0. The van der Waals surface area contributed by atoms with Gasteiger partial charge in [-0.2, -0.15) is 21.8 Å². The standard InChI is InChI=1S/C10H14F4N3O12P3S/c11-9(10(12,13)14)6(18)4(27-7(9)17-2-1-5(15)16-8(17)33)3-26-31(22,23)29-32(24,25)28-30(19,20)21/h1-2,4,6-7,18H,3H2,(H,22,23)(H,24,25)(H2,15,16,33)(H2,19,20,21)/t4-,6?,7-,9-/m1/s1. The van der Waals surface area contributed by atoms with Crippen LogP contribution in [0.25, 0.3) is 0 Å². The predicted octanol–water partition coefficient (Wildman–Crippen LogP) is 1.07. The summed E-state index contributed by atoms with van der Waals surface area (Å²) in [4.78, 5) is 38.8. The maximum atomic E-state index is 15.1. The summed E-state index contributed by atoms with van der Waals surface area (Å²) in [7, 11) is -17.4. The van der Waals surface area contributed by atoms with E-state index in [2.05, 4.69) is 18.1 Å². The lowest BCUT2D eigenvalue weighted by Gasteiger charge is -2.31. The molecular formula is C10H14F4N3O12P3S. The van der Waals surface area contributed by atoms with E-state index in [1.807, 2.05) is 0 Å². The second kappa shape index (κ2) is 9.31. The highest BCUT2D eigenvalue weighted by Crippen LogP contribution is 2.66. The predicted molar refractivity (Wildman–Crippen MR) is 97.1 cm³/mol. The molecule has 1 aliphatic rings. The van der Waals surface area contributed by atoms with Gasteiger partial charge in [0.1, 0.15) is 18.0 Å². The Hall–Kier alpha value is -0.850. The molecule has 6 atom stereocenters. The fraction of sp³-hybridized carbons (Fsp3) is 0.600. The van der Waals surface area contributed by atoms with E-state index in [0.29, 0.717) is 4.57 Å². The Morgan fingerprint density at radius 2 is 1.79 bits per heavy atom. The average molecular weight is 569 g/mol. The minimum absolute atomic E-state index is 0.240. The van der Waals surface area contributed by atoms with Crippen LogP contribution in [0.15, 0.2) is 12.3 Å². The molecule has 0 radical (unpaired) electrons. The van der Waals surface area contributed by atoms with Gasteiger partial charge in [0, 0.05) is 6.20 Å². The molecule has 1 aromatic heterocycles. The van der Waals surface area contributed by atoms with E-state index in [1.54, 1.807) is 0 Å². The molecule has 0 bridgehead atoms. The molecule has 0 spiro atoms. The van der Waals surface area contributed by atoms with Crippen molar-refractivity contribution in [3.05, 3.63) is 17.0 Å². The highest BCUT2D eigenvalue weighted by atomic mass is 32.1. The van der Waals surface area contributed by atoms with Crippen LogP contribution in [0.1, 0.15) is 6.23 Å². The molecule has 2 rings (SSSR count). The minimum atomic E-state index is -5.93. The van der Waals surface area contributed by atoms with Crippen LogP contribution in [0.4, 0.5) is 23.4 Å². The summed E-state index contributed by atoms with van der Waals surface area (Å²) in [6.07, 6.45) is -13.2. The van der Waals surface area contributed by atoms with Crippen molar-refractivity contribution < 1.29 is 73.8 Å². The zero-order valence-corrected chi connectivity index (χ0v) is 18.9. The molecule has 1 aliphatic heterocycles. The van der Waals surface area contributed by atoms with Crippen molar-refractivity contribution in [2.24, 2.45) is 0 Å². The topological polar surface area (TPSA) is 233 Å². The Morgan fingerprint density at radius 3 is 2.27 bits per heavy atom. The number of alkyl halides is 4. The first kappa shape index (κ1) is 28.4. The molecule has 23 heteroatoms. The van der Waals surface area contributed by atoms with Crippen molar-refractivity contribution in [2.45, 2.75) is 30.3 Å². The van der Waals surface area contributed by atoms with Gasteiger partial charge in [0.05, 0.1) is 6.61 Å². The van der Waals surface area contributed by atoms with Gasteiger partial charge >= 0.3 is 29.6 Å². The average Bonchev–Trinajstić information content (AvgIpc) is 2.82. The molecule has 0 saturated carbocycles. The van der Waals surface area contributed by atoms with Gasteiger partial charge in [-0.25, -0.2) is 23.1 Å². The summed E-state index contributed by atoms with van der Waals surface area (Å²) >= 11 is 4.71. The highest BCUT2D eigenvalue weighted by molar-refractivity contribution is 7.71. The molecule has 3 unspecified atom stereocenters. The van der Waals surface area contributed by atoms with Gasteiger partial charge in [-0.15, -0.1) is 0 Å². The number of hydrogen-bond acceptors (Lipinski definition) is 11. The first-order valence-electron chi connectivity index (χ1n) is 7.91. The Balaban J connectivity index is 2.28. The van der Waals surface area contributed by atoms with Gasteiger partial charge < -0.3 is 35.2 Å². The first-order valence-corrected chi connectivity index (χ1v) is 12.8. The number of nitrogens with zero attached hydrogens (tertiary/aromatic N) is 2. The molecule has 0 aromatic carbocycles.